The predicted octanol–water partition coefficient (Wildman–Crippen LogP) is 4.20. The Morgan fingerprint density at radius 3 is 2.53 bits per heavy atom. The van der Waals surface area contributed by atoms with Gasteiger partial charge in [-0.25, -0.2) is 14.6 Å². The molecule has 0 aromatic carbocycles. The lowest BCUT2D eigenvalue weighted by molar-refractivity contribution is -0.155. The van der Waals surface area contributed by atoms with Crippen molar-refractivity contribution in [2.24, 2.45) is 11.8 Å². The van der Waals surface area contributed by atoms with Gasteiger partial charge in [-0.3, -0.25) is 4.79 Å². The van der Waals surface area contributed by atoms with Crippen molar-refractivity contribution in [3.8, 4) is 11.5 Å². The van der Waals surface area contributed by atoms with E-state index in [1.54, 1.807) is 6.92 Å². The van der Waals surface area contributed by atoms with Crippen LogP contribution in [0.2, 0.25) is 0 Å². The number of aromatic nitrogens is 1. The van der Waals surface area contributed by atoms with Crippen LogP contribution in [0.15, 0.2) is 12.3 Å². The Morgan fingerprint density at radius 1 is 1.11 bits per heavy atom. The van der Waals surface area contributed by atoms with Gasteiger partial charge < -0.3 is 29.0 Å². The summed E-state index contributed by atoms with van der Waals surface area (Å²) in [5.41, 5.74) is -0.0835. The molecular weight excluding hydrogens is 492 g/mol. The van der Waals surface area contributed by atoms with E-state index in [9.17, 15) is 14.4 Å². The van der Waals surface area contributed by atoms with E-state index in [4.69, 9.17) is 23.7 Å². The molecule has 1 aromatic rings. The van der Waals surface area contributed by atoms with Gasteiger partial charge in [0.1, 0.15) is 12.6 Å². The molecule has 212 valence electrons. The van der Waals surface area contributed by atoms with Crippen molar-refractivity contribution < 1.29 is 38.1 Å². The second-order valence-electron chi connectivity index (χ2n) is 10.2. The number of pyridine rings is 1. The minimum Gasteiger partial charge on any atom is -0.493 e. The van der Waals surface area contributed by atoms with Crippen molar-refractivity contribution in [2.45, 2.75) is 90.2 Å². The highest BCUT2D eigenvalue weighted by molar-refractivity contribution is 5.98. The van der Waals surface area contributed by atoms with Crippen molar-refractivity contribution in [1.82, 2.24) is 10.3 Å². The summed E-state index contributed by atoms with van der Waals surface area (Å²) in [4.78, 5) is 42.1. The highest BCUT2D eigenvalue weighted by Gasteiger charge is 2.30. The first-order valence-corrected chi connectivity index (χ1v) is 13.8. The molecule has 1 aliphatic heterocycles. The molecule has 2 aliphatic rings. The molecule has 3 rings (SSSR count). The number of amides is 1. The minimum atomic E-state index is -0.804. The number of hydrogen-bond acceptors (Lipinski definition) is 9. The van der Waals surface area contributed by atoms with E-state index in [1.807, 2.05) is 6.92 Å². The van der Waals surface area contributed by atoms with E-state index in [1.165, 1.54) is 51.5 Å². The van der Waals surface area contributed by atoms with Gasteiger partial charge in [0.25, 0.3) is 5.91 Å². The number of nitrogens with zero attached hydrogens (tertiary/aromatic N) is 1. The van der Waals surface area contributed by atoms with Crippen LogP contribution in [0.5, 0.6) is 11.5 Å². The summed E-state index contributed by atoms with van der Waals surface area (Å²) in [5.74, 6) is -0.0415. The van der Waals surface area contributed by atoms with Crippen LogP contribution in [0.3, 0.4) is 0 Å². The van der Waals surface area contributed by atoms with Crippen LogP contribution < -0.4 is 14.8 Å². The first-order valence-electron chi connectivity index (χ1n) is 13.8. The number of carbonyl (C=O) groups excluding carboxylic acids is 3. The van der Waals surface area contributed by atoms with Gasteiger partial charge in [0.05, 0.1) is 13.2 Å². The van der Waals surface area contributed by atoms with Gasteiger partial charge in [0.15, 0.2) is 17.2 Å². The normalized spacial score (nSPS) is 22.8. The van der Waals surface area contributed by atoms with Gasteiger partial charge >= 0.3 is 11.9 Å². The first-order chi connectivity index (χ1) is 18.4. The fraction of sp³-hybridized carbons (Fsp3) is 0.714. The Bertz CT molecular complexity index is 918. The zero-order valence-corrected chi connectivity index (χ0v) is 22.9. The van der Waals surface area contributed by atoms with E-state index in [0.29, 0.717) is 18.9 Å². The van der Waals surface area contributed by atoms with Crippen molar-refractivity contribution in [1.29, 1.82) is 0 Å². The number of rotatable bonds is 11. The number of esters is 2. The molecule has 3 atom stereocenters. The standard InChI is InChI=1S/C28H42N2O8/c1-4-35-17-24(31)36-18-37-26-23(34-3)13-14-29-25(26)27(32)30-22-12-8-7-11-21(15-19(2)38-28(22)33)16-20-9-5-6-10-20/h13-14,19-22H,4-12,15-18H2,1-3H3,(H,30,32)/t19?,21?,22-/m0/s1. The maximum Gasteiger partial charge on any atom is 0.334 e. The van der Waals surface area contributed by atoms with Gasteiger partial charge in [0, 0.05) is 18.9 Å². The average molecular weight is 535 g/mol. The second kappa shape index (κ2) is 15.5. The molecule has 1 amide bonds. The summed E-state index contributed by atoms with van der Waals surface area (Å²) in [6.45, 7) is 3.40. The molecule has 2 heterocycles. The topological polar surface area (TPSA) is 122 Å². The monoisotopic (exact) mass is 534 g/mol. The van der Waals surface area contributed by atoms with Crippen LogP contribution in [0.4, 0.5) is 0 Å². The SMILES string of the molecule is CCOCC(=O)OCOc1c(OC)ccnc1C(=O)N[C@H]1CCCCC(CC2CCCC2)CC(C)OC1=O. The summed E-state index contributed by atoms with van der Waals surface area (Å²) in [5, 5.41) is 2.77. The highest BCUT2D eigenvalue weighted by atomic mass is 16.7. The fourth-order valence-corrected chi connectivity index (χ4v) is 5.38. The van der Waals surface area contributed by atoms with Crippen LogP contribution >= 0.6 is 0 Å². The third kappa shape index (κ3) is 9.15. The highest BCUT2D eigenvalue weighted by Crippen LogP contribution is 2.35. The maximum atomic E-state index is 13.2. The Morgan fingerprint density at radius 2 is 1.82 bits per heavy atom. The van der Waals surface area contributed by atoms with Crippen molar-refractivity contribution in [3.63, 3.8) is 0 Å². The summed E-state index contributed by atoms with van der Waals surface area (Å²) in [6.07, 6.45) is 11.9. The summed E-state index contributed by atoms with van der Waals surface area (Å²) < 4.78 is 26.6. The molecule has 1 saturated heterocycles. The lowest BCUT2D eigenvalue weighted by Gasteiger charge is -2.27. The third-order valence-electron chi connectivity index (χ3n) is 7.22. The summed E-state index contributed by atoms with van der Waals surface area (Å²) in [7, 11) is 1.42. The molecule has 0 bridgehead atoms. The molecule has 10 nitrogen and oxygen atoms in total. The number of carbonyl (C=O) groups is 3. The first kappa shape index (κ1) is 29.7. The molecule has 1 aromatic heterocycles. The van der Waals surface area contributed by atoms with Crippen LogP contribution in [0.1, 0.15) is 88.5 Å². The number of ether oxygens (including phenoxy) is 5. The second-order valence-corrected chi connectivity index (χ2v) is 10.2. The lowest BCUT2D eigenvalue weighted by atomic mass is 9.85. The van der Waals surface area contributed by atoms with Crippen LogP contribution in [-0.4, -0.2) is 62.1 Å². The third-order valence-corrected chi connectivity index (χ3v) is 7.22. The van der Waals surface area contributed by atoms with Crippen molar-refractivity contribution in [3.05, 3.63) is 18.0 Å². The zero-order chi connectivity index (χ0) is 27.3. The smallest absolute Gasteiger partial charge is 0.334 e. The zero-order valence-electron chi connectivity index (χ0n) is 22.9. The average Bonchev–Trinajstić information content (AvgIpc) is 3.41. The molecule has 0 radical (unpaired) electrons. The minimum absolute atomic E-state index is 0.00747. The van der Waals surface area contributed by atoms with Crippen LogP contribution in [0.25, 0.3) is 0 Å². The van der Waals surface area contributed by atoms with Gasteiger partial charge in [-0.2, -0.15) is 0 Å². The number of methoxy groups -OCH3 is 1. The molecule has 10 heteroatoms. The van der Waals surface area contributed by atoms with Crippen molar-refractivity contribution >= 4 is 17.8 Å². The van der Waals surface area contributed by atoms with E-state index in [2.05, 4.69) is 10.3 Å². The number of nitrogens with one attached hydrogen (secondary N) is 1. The van der Waals surface area contributed by atoms with Gasteiger partial charge in [-0.05, 0) is 44.9 Å². The molecule has 0 spiro atoms. The molecule has 1 N–H and O–H groups in total. The van der Waals surface area contributed by atoms with E-state index in [-0.39, 0.29) is 29.9 Å². The van der Waals surface area contributed by atoms with Crippen LogP contribution in [-0.2, 0) is 23.8 Å². The molecule has 38 heavy (non-hydrogen) atoms. The molecule has 2 unspecified atom stereocenters. The number of cyclic esters (lactones) is 1. The Hall–Kier alpha value is -2.88. The quantitative estimate of drug-likeness (QED) is 0.329. The Balaban J connectivity index is 1.61. The fourth-order valence-electron chi connectivity index (χ4n) is 5.38. The molecule has 1 aliphatic carbocycles. The van der Waals surface area contributed by atoms with Gasteiger partial charge in [-0.15, -0.1) is 0 Å². The van der Waals surface area contributed by atoms with E-state index < -0.39 is 30.7 Å². The Kier molecular flexibility index (Phi) is 12.1. The molecular formula is C28H42N2O8. The largest absolute Gasteiger partial charge is 0.493 e. The molecule has 1 saturated carbocycles. The summed E-state index contributed by atoms with van der Waals surface area (Å²) in [6, 6.07) is 0.719. The molecule has 2 fully saturated rings. The van der Waals surface area contributed by atoms with Gasteiger partial charge in [0.2, 0.25) is 6.79 Å². The number of hydrogen-bond donors (Lipinski definition) is 1. The van der Waals surface area contributed by atoms with Crippen molar-refractivity contribution in [2.75, 3.05) is 27.1 Å². The Labute approximate surface area is 225 Å². The predicted molar refractivity (Wildman–Crippen MR) is 139 cm³/mol. The lowest BCUT2D eigenvalue weighted by Crippen LogP contribution is -2.43. The van der Waals surface area contributed by atoms with E-state index in [0.717, 1.165) is 31.6 Å². The summed E-state index contributed by atoms with van der Waals surface area (Å²) >= 11 is 0. The van der Waals surface area contributed by atoms with Gasteiger partial charge in [-0.1, -0.05) is 44.9 Å². The van der Waals surface area contributed by atoms with Crippen LogP contribution in [0, 0.1) is 11.8 Å². The van der Waals surface area contributed by atoms with E-state index >= 15 is 0 Å². The maximum absolute atomic E-state index is 13.2.